The Bertz CT molecular complexity index is 1400. The summed E-state index contributed by atoms with van der Waals surface area (Å²) in [5, 5.41) is 8.30. The molecule has 35 heavy (non-hydrogen) atoms. The number of carbonyl (C=O) groups is 2. The average Bonchev–Trinajstić information content (AvgIpc) is 3.21. The molecular formula is C28H28N4O3. The van der Waals surface area contributed by atoms with Crippen LogP contribution in [0.2, 0.25) is 0 Å². The number of hydrogen-bond donors (Lipinski definition) is 2. The first kappa shape index (κ1) is 23.8. The first-order chi connectivity index (χ1) is 16.9. The van der Waals surface area contributed by atoms with Crippen molar-refractivity contribution in [1.29, 1.82) is 0 Å². The second-order valence-electron chi connectivity index (χ2n) is 8.37. The van der Waals surface area contributed by atoms with E-state index < -0.39 is 0 Å². The first-order valence-electron chi connectivity index (χ1n) is 11.3. The van der Waals surface area contributed by atoms with Gasteiger partial charge in [-0.3, -0.25) is 4.79 Å². The number of hydrazone groups is 1. The molecule has 0 fully saturated rings. The Labute approximate surface area is 204 Å². The fourth-order valence-corrected chi connectivity index (χ4v) is 3.87. The summed E-state index contributed by atoms with van der Waals surface area (Å²) < 4.78 is 6.92. The summed E-state index contributed by atoms with van der Waals surface area (Å²) in [6.07, 6.45) is 3.64. The molecule has 178 valence electrons. The monoisotopic (exact) mass is 468 g/mol. The van der Waals surface area contributed by atoms with Crippen LogP contribution in [0.3, 0.4) is 0 Å². The largest absolute Gasteiger partial charge is 0.465 e. The van der Waals surface area contributed by atoms with E-state index in [1.54, 1.807) is 12.3 Å². The second kappa shape index (κ2) is 10.7. The zero-order valence-corrected chi connectivity index (χ0v) is 20.0. The number of carbonyl (C=O) groups excluding carboxylic acids is 2. The van der Waals surface area contributed by atoms with Crippen LogP contribution in [0.25, 0.3) is 10.9 Å². The van der Waals surface area contributed by atoms with E-state index in [0.717, 1.165) is 27.7 Å². The number of amides is 1. The minimum absolute atomic E-state index is 0.123. The summed E-state index contributed by atoms with van der Waals surface area (Å²) in [7, 11) is 1.37. The highest BCUT2D eigenvalue weighted by atomic mass is 16.5. The first-order valence-corrected chi connectivity index (χ1v) is 11.3. The molecule has 0 aliphatic carbocycles. The third-order valence-electron chi connectivity index (χ3n) is 5.87. The molecule has 0 unspecified atom stereocenters. The molecule has 7 heteroatoms. The highest BCUT2D eigenvalue weighted by Gasteiger charge is 2.10. The van der Waals surface area contributed by atoms with Crippen LogP contribution in [0.4, 0.5) is 5.69 Å². The minimum Gasteiger partial charge on any atom is -0.465 e. The zero-order valence-electron chi connectivity index (χ0n) is 20.0. The van der Waals surface area contributed by atoms with Gasteiger partial charge in [0.25, 0.3) is 5.91 Å². The average molecular weight is 469 g/mol. The molecule has 7 nitrogen and oxygen atoms in total. The van der Waals surface area contributed by atoms with Crippen LogP contribution >= 0.6 is 0 Å². The molecule has 0 saturated heterocycles. The van der Waals surface area contributed by atoms with Gasteiger partial charge in [0.15, 0.2) is 0 Å². The molecule has 0 spiro atoms. The molecule has 0 aliphatic rings. The molecule has 0 aliphatic heterocycles. The number of esters is 1. The van der Waals surface area contributed by atoms with E-state index in [2.05, 4.69) is 27.3 Å². The SMILES string of the molecule is COC(=O)c1cccc(Cn2cc(/C=N\NC(=O)CNc3ccc(C)c(C)c3)c3ccccc32)c1. The van der Waals surface area contributed by atoms with Gasteiger partial charge in [-0.25, -0.2) is 10.2 Å². The number of benzene rings is 3. The van der Waals surface area contributed by atoms with E-state index in [1.807, 2.05) is 73.8 Å². The standard InChI is InChI=1S/C28H28N4O3/c1-19-11-12-24(13-20(19)2)29-16-27(33)31-30-15-23-18-32(26-10-5-4-9-25(23)26)17-21-7-6-8-22(14-21)28(34)35-3/h4-15,18,29H,16-17H2,1-3H3,(H,31,33)/b30-15-. The predicted octanol–water partition coefficient (Wildman–Crippen LogP) is 4.66. The van der Waals surface area contributed by atoms with Gasteiger partial charge in [0.05, 0.1) is 25.4 Å². The van der Waals surface area contributed by atoms with E-state index in [4.69, 9.17) is 4.74 Å². The summed E-state index contributed by atoms with van der Waals surface area (Å²) in [5.74, 6) is -0.595. The molecule has 0 bridgehead atoms. The number of ether oxygens (including phenoxy) is 1. The lowest BCUT2D eigenvalue weighted by atomic mass is 10.1. The van der Waals surface area contributed by atoms with E-state index in [0.29, 0.717) is 12.1 Å². The van der Waals surface area contributed by atoms with Crippen LogP contribution in [0.15, 0.2) is 78.0 Å². The Morgan fingerprint density at radius 1 is 1.00 bits per heavy atom. The maximum Gasteiger partial charge on any atom is 0.337 e. The van der Waals surface area contributed by atoms with E-state index in [1.165, 1.54) is 18.2 Å². The van der Waals surface area contributed by atoms with Crippen LogP contribution in [-0.2, 0) is 16.1 Å². The summed E-state index contributed by atoms with van der Waals surface area (Å²) >= 11 is 0. The van der Waals surface area contributed by atoms with Gasteiger partial charge in [0.1, 0.15) is 0 Å². The van der Waals surface area contributed by atoms with Gasteiger partial charge in [0.2, 0.25) is 0 Å². The minimum atomic E-state index is -0.361. The molecule has 1 heterocycles. The van der Waals surface area contributed by atoms with Crippen molar-refractivity contribution in [3.63, 3.8) is 0 Å². The summed E-state index contributed by atoms with van der Waals surface area (Å²) in [6, 6.07) is 21.4. The van der Waals surface area contributed by atoms with Gasteiger partial charge < -0.3 is 14.6 Å². The molecule has 0 saturated carbocycles. The third kappa shape index (κ3) is 5.76. The van der Waals surface area contributed by atoms with Gasteiger partial charge in [-0.15, -0.1) is 0 Å². The van der Waals surface area contributed by atoms with Gasteiger partial charge in [-0.1, -0.05) is 36.4 Å². The van der Waals surface area contributed by atoms with Gasteiger partial charge in [-0.05, 0) is 60.9 Å². The van der Waals surface area contributed by atoms with E-state index in [9.17, 15) is 9.59 Å². The number of nitrogens with zero attached hydrogens (tertiary/aromatic N) is 2. The van der Waals surface area contributed by atoms with Gasteiger partial charge in [-0.2, -0.15) is 5.10 Å². The molecule has 3 aromatic carbocycles. The number of nitrogens with one attached hydrogen (secondary N) is 2. The molecule has 1 amide bonds. The number of methoxy groups -OCH3 is 1. The number of aromatic nitrogens is 1. The number of fused-ring (bicyclic) bond motifs is 1. The fraction of sp³-hybridized carbons (Fsp3) is 0.179. The Morgan fingerprint density at radius 3 is 2.63 bits per heavy atom. The summed E-state index contributed by atoms with van der Waals surface area (Å²) in [4.78, 5) is 24.1. The van der Waals surface area contributed by atoms with Crippen molar-refractivity contribution in [3.8, 4) is 0 Å². The van der Waals surface area contributed by atoms with Gasteiger partial charge >= 0.3 is 5.97 Å². The lowest BCUT2D eigenvalue weighted by Gasteiger charge is -2.07. The molecule has 0 atom stereocenters. The summed E-state index contributed by atoms with van der Waals surface area (Å²) in [5.41, 5.74) is 9.26. The van der Waals surface area contributed by atoms with Crippen molar-refractivity contribution in [3.05, 3.63) is 101 Å². The molecule has 2 N–H and O–H groups in total. The van der Waals surface area contributed by atoms with Crippen LogP contribution in [0.1, 0.15) is 32.6 Å². The number of aryl methyl sites for hydroxylation is 2. The number of anilines is 1. The molecule has 0 radical (unpaired) electrons. The lowest BCUT2D eigenvalue weighted by molar-refractivity contribution is -0.119. The van der Waals surface area contributed by atoms with Crippen molar-refractivity contribution >= 4 is 34.7 Å². The topological polar surface area (TPSA) is 84.7 Å². The molecule has 1 aromatic heterocycles. The van der Waals surface area contributed by atoms with Crippen LogP contribution < -0.4 is 10.7 Å². The number of rotatable bonds is 8. The maximum atomic E-state index is 12.2. The Kier molecular flexibility index (Phi) is 7.26. The van der Waals surface area contributed by atoms with Crippen molar-refractivity contribution in [2.45, 2.75) is 20.4 Å². The highest BCUT2D eigenvalue weighted by molar-refractivity contribution is 5.99. The second-order valence-corrected chi connectivity index (χ2v) is 8.37. The van der Waals surface area contributed by atoms with Crippen LogP contribution in [-0.4, -0.2) is 36.3 Å². The Balaban J connectivity index is 1.44. The van der Waals surface area contributed by atoms with Gasteiger partial charge in [0, 0.05) is 34.9 Å². The van der Waals surface area contributed by atoms with E-state index >= 15 is 0 Å². The van der Waals surface area contributed by atoms with Crippen molar-refractivity contribution in [2.24, 2.45) is 5.10 Å². The zero-order chi connectivity index (χ0) is 24.8. The molecule has 4 rings (SSSR count). The normalized spacial score (nSPS) is 11.1. The maximum absolute atomic E-state index is 12.2. The van der Waals surface area contributed by atoms with Crippen LogP contribution in [0, 0.1) is 13.8 Å². The Morgan fingerprint density at radius 2 is 1.83 bits per heavy atom. The van der Waals surface area contributed by atoms with Crippen molar-refractivity contribution in [2.75, 3.05) is 19.0 Å². The molecular weight excluding hydrogens is 440 g/mol. The Hall–Kier alpha value is -4.39. The molecule has 4 aromatic rings. The highest BCUT2D eigenvalue weighted by Crippen LogP contribution is 2.22. The fourth-order valence-electron chi connectivity index (χ4n) is 3.87. The predicted molar refractivity (Wildman–Crippen MR) is 139 cm³/mol. The lowest BCUT2D eigenvalue weighted by Crippen LogP contribution is -2.25. The van der Waals surface area contributed by atoms with E-state index in [-0.39, 0.29) is 18.4 Å². The quantitative estimate of drug-likeness (QED) is 0.224. The summed E-state index contributed by atoms with van der Waals surface area (Å²) in [6.45, 7) is 4.79. The van der Waals surface area contributed by atoms with Crippen molar-refractivity contribution in [1.82, 2.24) is 9.99 Å². The number of para-hydroxylation sites is 1. The smallest absolute Gasteiger partial charge is 0.337 e. The van der Waals surface area contributed by atoms with Crippen LogP contribution in [0.5, 0.6) is 0 Å². The third-order valence-corrected chi connectivity index (χ3v) is 5.87. The number of hydrogen-bond acceptors (Lipinski definition) is 5. The van der Waals surface area contributed by atoms with Crippen molar-refractivity contribution < 1.29 is 14.3 Å².